The average Bonchev–Trinajstić information content (AvgIpc) is 3.21. The molecule has 9 heteroatoms. The van der Waals surface area contributed by atoms with E-state index in [0.717, 1.165) is 0 Å². The zero-order chi connectivity index (χ0) is 18.1. The number of nitrogens with zero attached hydrogens (tertiary/aromatic N) is 6. The standard InChI is InChI=1S/C17H18N6O3/c1-12-14(3-6-26-12)17(25)21-4-2-5-23-15(9-21)20-13(7-16(23)24)8-22-11-18-10-19-22/h3,6-7,10-11H,2,4-5,8-9H2,1H3. The molecule has 0 fully saturated rings. The van der Waals surface area contributed by atoms with Crippen molar-refractivity contribution >= 4 is 5.91 Å². The largest absolute Gasteiger partial charge is 0.469 e. The Balaban J connectivity index is 1.64. The zero-order valence-electron chi connectivity index (χ0n) is 14.3. The molecule has 0 saturated heterocycles. The molecular weight excluding hydrogens is 336 g/mol. The van der Waals surface area contributed by atoms with Crippen LogP contribution >= 0.6 is 0 Å². The van der Waals surface area contributed by atoms with Gasteiger partial charge < -0.3 is 9.32 Å². The summed E-state index contributed by atoms with van der Waals surface area (Å²) in [5.41, 5.74) is 1.03. The van der Waals surface area contributed by atoms with Gasteiger partial charge in [0.15, 0.2) is 0 Å². The van der Waals surface area contributed by atoms with Crippen LogP contribution < -0.4 is 5.56 Å². The average molecular weight is 354 g/mol. The third-order valence-electron chi connectivity index (χ3n) is 4.45. The molecular formula is C17H18N6O3. The van der Waals surface area contributed by atoms with E-state index in [4.69, 9.17) is 4.42 Å². The lowest BCUT2D eigenvalue weighted by atomic mass is 10.2. The molecule has 0 N–H and O–H groups in total. The molecule has 4 heterocycles. The van der Waals surface area contributed by atoms with Crippen LogP contribution in [-0.2, 0) is 19.6 Å². The Kier molecular flexibility index (Phi) is 4.11. The highest BCUT2D eigenvalue weighted by atomic mass is 16.3. The van der Waals surface area contributed by atoms with Crippen LogP contribution in [0.1, 0.15) is 34.1 Å². The van der Waals surface area contributed by atoms with Gasteiger partial charge in [0.1, 0.15) is 24.2 Å². The molecule has 0 aliphatic carbocycles. The van der Waals surface area contributed by atoms with Gasteiger partial charge in [0, 0.05) is 19.2 Å². The van der Waals surface area contributed by atoms with Crippen LogP contribution in [0.5, 0.6) is 0 Å². The van der Waals surface area contributed by atoms with E-state index in [2.05, 4.69) is 15.1 Å². The van der Waals surface area contributed by atoms with E-state index in [-0.39, 0.29) is 18.0 Å². The topological polar surface area (TPSA) is 99.1 Å². The molecule has 4 rings (SSSR count). The maximum Gasteiger partial charge on any atom is 0.257 e. The molecule has 0 spiro atoms. The van der Waals surface area contributed by atoms with E-state index in [1.54, 1.807) is 33.5 Å². The lowest BCUT2D eigenvalue weighted by Gasteiger charge is -2.20. The molecule has 0 saturated carbocycles. The predicted molar refractivity (Wildman–Crippen MR) is 90.4 cm³/mol. The van der Waals surface area contributed by atoms with Gasteiger partial charge in [0.05, 0.1) is 30.6 Å². The Morgan fingerprint density at radius 2 is 2.23 bits per heavy atom. The van der Waals surface area contributed by atoms with Crippen LogP contribution in [0.3, 0.4) is 0 Å². The van der Waals surface area contributed by atoms with E-state index < -0.39 is 0 Å². The number of aromatic nitrogens is 5. The van der Waals surface area contributed by atoms with Crippen LogP contribution in [0.2, 0.25) is 0 Å². The SMILES string of the molecule is Cc1occc1C(=O)N1CCCn2c(nc(Cn3cncn3)cc2=O)C1. The van der Waals surface area contributed by atoms with Crippen molar-refractivity contribution in [3.63, 3.8) is 0 Å². The van der Waals surface area contributed by atoms with Gasteiger partial charge in [0.2, 0.25) is 0 Å². The number of carbonyl (C=O) groups is 1. The summed E-state index contributed by atoms with van der Waals surface area (Å²) in [6, 6.07) is 3.19. The molecule has 3 aromatic rings. The Morgan fingerprint density at radius 3 is 2.96 bits per heavy atom. The number of furan rings is 1. The Morgan fingerprint density at radius 1 is 1.35 bits per heavy atom. The minimum Gasteiger partial charge on any atom is -0.469 e. The van der Waals surface area contributed by atoms with Crippen molar-refractivity contribution in [3.05, 3.63) is 64.2 Å². The van der Waals surface area contributed by atoms with Gasteiger partial charge in [-0.15, -0.1) is 0 Å². The first-order valence-corrected chi connectivity index (χ1v) is 8.37. The monoisotopic (exact) mass is 354 g/mol. The van der Waals surface area contributed by atoms with Gasteiger partial charge in [0.25, 0.3) is 11.5 Å². The van der Waals surface area contributed by atoms with Crippen LogP contribution in [-0.4, -0.2) is 41.7 Å². The summed E-state index contributed by atoms with van der Waals surface area (Å²) in [7, 11) is 0. The lowest BCUT2D eigenvalue weighted by molar-refractivity contribution is 0.0742. The molecule has 1 aliphatic heterocycles. The summed E-state index contributed by atoms with van der Waals surface area (Å²) in [5, 5.41) is 4.04. The van der Waals surface area contributed by atoms with Gasteiger partial charge in [-0.2, -0.15) is 5.10 Å². The number of aryl methyl sites for hydroxylation is 1. The summed E-state index contributed by atoms with van der Waals surface area (Å²) in [4.78, 5) is 35.5. The van der Waals surface area contributed by atoms with Crippen molar-refractivity contribution in [2.75, 3.05) is 6.54 Å². The molecule has 3 aromatic heterocycles. The molecule has 9 nitrogen and oxygen atoms in total. The Bertz CT molecular complexity index is 988. The smallest absolute Gasteiger partial charge is 0.257 e. The van der Waals surface area contributed by atoms with Gasteiger partial charge in [-0.1, -0.05) is 0 Å². The molecule has 0 bridgehead atoms. The van der Waals surface area contributed by atoms with Crippen LogP contribution in [0.15, 0.2) is 40.3 Å². The van der Waals surface area contributed by atoms with Crippen molar-refractivity contribution in [3.8, 4) is 0 Å². The first kappa shape index (κ1) is 16.2. The quantitative estimate of drug-likeness (QED) is 0.691. The van der Waals surface area contributed by atoms with Crippen molar-refractivity contribution in [1.29, 1.82) is 0 Å². The van der Waals surface area contributed by atoms with E-state index in [1.165, 1.54) is 18.7 Å². The van der Waals surface area contributed by atoms with Gasteiger partial charge in [-0.3, -0.25) is 14.2 Å². The number of carbonyl (C=O) groups excluding carboxylic acids is 1. The Labute approximate surface area is 148 Å². The van der Waals surface area contributed by atoms with E-state index in [1.807, 2.05) is 0 Å². The minimum atomic E-state index is -0.112. The maximum atomic E-state index is 12.8. The second kappa shape index (κ2) is 6.58. The van der Waals surface area contributed by atoms with Crippen LogP contribution in [0.25, 0.3) is 0 Å². The fourth-order valence-electron chi connectivity index (χ4n) is 3.15. The zero-order valence-corrected chi connectivity index (χ0v) is 14.3. The van der Waals surface area contributed by atoms with Gasteiger partial charge in [-0.25, -0.2) is 14.6 Å². The van der Waals surface area contributed by atoms with Crippen LogP contribution in [0.4, 0.5) is 0 Å². The molecule has 0 radical (unpaired) electrons. The summed E-state index contributed by atoms with van der Waals surface area (Å²) in [6.45, 7) is 3.50. The molecule has 0 aromatic carbocycles. The van der Waals surface area contributed by atoms with Gasteiger partial charge >= 0.3 is 0 Å². The highest BCUT2D eigenvalue weighted by molar-refractivity contribution is 5.95. The molecule has 26 heavy (non-hydrogen) atoms. The highest BCUT2D eigenvalue weighted by Gasteiger charge is 2.24. The summed E-state index contributed by atoms with van der Waals surface area (Å²) >= 11 is 0. The number of amides is 1. The highest BCUT2D eigenvalue weighted by Crippen LogP contribution is 2.16. The molecule has 1 aliphatic rings. The van der Waals surface area contributed by atoms with Crippen molar-refractivity contribution in [2.45, 2.75) is 33.0 Å². The van der Waals surface area contributed by atoms with E-state index >= 15 is 0 Å². The first-order valence-electron chi connectivity index (χ1n) is 8.37. The molecule has 134 valence electrons. The maximum absolute atomic E-state index is 12.8. The van der Waals surface area contributed by atoms with Gasteiger partial charge in [-0.05, 0) is 19.4 Å². The summed E-state index contributed by atoms with van der Waals surface area (Å²) < 4.78 is 8.48. The fourth-order valence-corrected chi connectivity index (χ4v) is 3.15. The predicted octanol–water partition coefficient (Wildman–Crippen LogP) is 0.831. The molecule has 0 atom stereocenters. The third kappa shape index (κ3) is 3.03. The second-order valence-corrected chi connectivity index (χ2v) is 6.22. The molecule has 1 amide bonds. The normalized spacial score (nSPS) is 14.1. The van der Waals surface area contributed by atoms with E-state index in [9.17, 15) is 9.59 Å². The second-order valence-electron chi connectivity index (χ2n) is 6.22. The molecule has 0 unspecified atom stereocenters. The summed E-state index contributed by atoms with van der Waals surface area (Å²) in [6.07, 6.45) is 5.21. The number of hydrogen-bond donors (Lipinski definition) is 0. The number of rotatable bonds is 3. The number of fused-ring (bicyclic) bond motifs is 1. The van der Waals surface area contributed by atoms with E-state index in [0.29, 0.717) is 48.9 Å². The lowest BCUT2D eigenvalue weighted by Crippen LogP contribution is -2.32. The van der Waals surface area contributed by atoms with Crippen molar-refractivity contribution in [1.82, 2.24) is 29.2 Å². The number of hydrogen-bond acceptors (Lipinski definition) is 6. The minimum absolute atomic E-state index is 0.111. The summed E-state index contributed by atoms with van der Waals surface area (Å²) in [5.74, 6) is 1.06. The van der Waals surface area contributed by atoms with Crippen LogP contribution in [0, 0.1) is 6.92 Å². The Hall–Kier alpha value is -3.23. The third-order valence-corrected chi connectivity index (χ3v) is 4.45. The first-order chi connectivity index (χ1) is 12.6. The fraction of sp³-hybridized carbons (Fsp3) is 0.353. The van der Waals surface area contributed by atoms with Crippen molar-refractivity contribution in [2.24, 2.45) is 0 Å². The van der Waals surface area contributed by atoms with Crippen molar-refractivity contribution < 1.29 is 9.21 Å².